The van der Waals surface area contributed by atoms with Crippen molar-refractivity contribution in [2.45, 2.75) is 36.0 Å². The summed E-state index contributed by atoms with van der Waals surface area (Å²) in [6.07, 6.45) is 5.39. The van der Waals surface area contributed by atoms with Gasteiger partial charge in [-0.1, -0.05) is 64.4 Å². The lowest BCUT2D eigenvalue weighted by atomic mass is 10.1. The van der Waals surface area contributed by atoms with Crippen LogP contribution in [0.4, 0.5) is 0 Å². The summed E-state index contributed by atoms with van der Waals surface area (Å²) in [4.78, 5) is 0. The second-order valence-electron chi connectivity index (χ2n) is 3.07. The van der Waals surface area contributed by atoms with E-state index in [1.54, 1.807) is 0 Å². The van der Waals surface area contributed by atoms with Gasteiger partial charge in [0.25, 0.3) is 0 Å². The highest BCUT2D eigenvalue weighted by Crippen LogP contribution is 2.19. The molecule has 0 saturated carbocycles. The number of allylic oxidation sites excluding steroid dienone is 1. The van der Waals surface area contributed by atoms with Gasteiger partial charge in [-0.05, 0) is 17.3 Å². The first kappa shape index (κ1) is 14.6. The van der Waals surface area contributed by atoms with E-state index in [0.717, 1.165) is 19.3 Å². The van der Waals surface area contributed by atoms with Gasteiger partial charge in [0, 0.05) is 0 Å². The summed E-state index contributed by atoms with van der Waals surface area (Å²) in [5.41, 5.74) is 0. The Balaban J connectivity index is 3.54. The van der Waals surface area contributed by atoms with Crippen LogP contribution < -0.4 is 0 Å². The van der Waals surface area contributed by atoms with E-state index in [1.165, 1.54) is 17.3 Å². The predicted molar refractivity (Wildman–Crippen MR) is 74.7 cm³/mol. The molecule has 0 aromatic heterocycles. The molecule has 0 rings (SSSR count). The average Bonchev–Trinajstić information content (AvgIpc) is 2.16. The molecule has 0 bridgehead atoms. The second-order valence-corrected chi connectivity index (χ2v) is 5.65. The van der Waals surface area contributed by atoms with Crippen molar-refractivity contribution in [1.82, 2.24) is 0 Å². The molecule has 0 amide bonds. The van der Waals surface area contributed by atoms with Gasteiger partial charge in [-0.3, -0.25) is 0 Å². The van der Waals surface area contributed by atoms with Gasteiger partial charge in [-0.2, -0.15) is 0 Å². The maximum absolute atomic E-state index is 9.17. The molecule has 5 heteroatoms. The number of aliphatic hydroxyl groups is 3. The minimum atomic E-state index is -0.948. The lowest BCUT2D eigenvalue weighted by Gasteiger charge is -2.08. The highest BCUT2D eigenvalue weighted by molar-refractivity contribution is 14.1. The van der Waals surface area contributed by atoms with Crippen LogP contribution in [0.5, 0.6) is 0 Å². The first-order chi connectivity index (χ1) is 6.59. The molecule has 1 atom stereocenters. The lowest BCUT2D eigenvalue weighted by Crippen LogP contribution is -2.05. The summed E-state index contributed by atoms with van der Waals surface area (Å²) in [6.45, 7) is 0. The molecule has 84 valence electrons. The van der Waals surface area contributed by atoms with E-state index in [-0.39, 0.29) is 9.68 Å². The number of aliphatic hydroxyl groups excluding tert-OH is 2. The fraction of sp³-hybridized carbons (Fsp3) is 0.778. The van der Waals surface area contributed by atoms with Crippen molar-refractivity contribution >= 4 is 45.2 Å². The Labute approximate surface area is 112 Å². The van der Waals surface area contributed by atoms with E-state index < -0.39 is 5.95 Å². The van der Waals surface area contributed by atoms with Crippen LogP contribution in [-0.4, -0.2) is 23.7 Å². The molecule has 0 aliphatic rings. The molecule has 0 heterocycles. The summed E-state index contributed by atoms with van der Waals surface area (Å²) >= 11 is 4.37. The first-order valence-electron chi connectivity index (χ1n) is 4.60. The van der Waals surface area contributed by atoms with Crippen LogP contribution in [-0.2, 0) is 0 Å². The monoisotopic (exact) mass is 426 g/mol. The zero-order valence-corrected chi connectivity index (χ0v) is 12.2. The molecular weight excluding hydrogens is 410 g/mol. The van der Waals surface area contributed by atoms with E-state index in [0.29, 0.717) is 0 Å². The number of hydrogen-bond donors (Lipinski definition) is 3. The summed E-state index contributed by atoms with van der Waals surface area (Å²) in [5.74, 6) is -1.25. The summed E-state index contributed by atoms with van der Waals surface area (Å²) < 4.78 is 1.01. The van der Waals surface area contributed by atoms with E-state index in [9.17, 15) is 0 Å². The molecular formula is C9H16I2O3. The van der Waals surface area contributed by atoms with Crippen LogP contribution in [0, 0.1) is 0 Å². The number of rotatable bonds is 7. The predicted octanol–water partition coefficient (Wildman–Crippen LogP) is 4.02. The van der Waals surface area contributed by atoms with E-state index in [1.807, 2.05) is 22.6 Å². The Kier molecular flexibility index (Phi) is 9.25. The molecule has 3 nitrogen and oxygen atoms in total. The van der Waals surface area contributed by atoms with Gasteiger partial charge in [-0.25, -0.2) is 0 Å². The summed E-state index contributed by atoms with van der Waals surface area (Å²) in [7, 11) is 0. The number of unbranched alkanes of at least 4 members (excludes halogenated alkanes) is 3. The van der Waals surface area contributed by atoms with E-state index in [4.69, 9.17) is 15.3 Å². The number of hydrogen-bond acceptors (Lipinski definition) is 3. The van der Waals surface area contributed by atoms with Crippen LogP contribution in [0.1, 0.15) is 32.1 Å². The second kappa shape index (κ2) is 8.87. The molecule has 0 aromatic carbocycles. The molecule has 0 radical (unpaired) electrons. The van der Waals surface area contributed by atoms with Crippen LogP contribution in [0.25, 0.3) is 0 Å². The lowest BCUT2D eigenvalue weighted by molar-refractivity contribution is 0.155. The molecule has 0 aromatic rings. The van der Waals surface area contributed by atoms with Crippen molar-refractivity contribution in [3.05, 3.63) is 11.7 Å². The van der Waals surface area contributed by atoms with Gasteiger partial charge in [0.05, 0.1) is 3.92 Å². The molecule has 14 heavy (non-hydrogen) atoms. The van der Waals surface area contributed by atoms with Crippen molar-refractivity contribution in [3.8, 4) is 0 Å². The van der Waals surface area contributed by atoms with Gasteiger partial charge < -0.3 is 15.3 Å². The van der Waals surface area contributed by atoms with E-state index >= 15 is 0 Å². The van der Waals surface area contributed by atoms with Crippen molar-refractivity contribution < 1.29 is 15.3 Å². The highest BCUT2D eigenvalue weighted by atomic mass is 127. The van der Waals surface area contributed by atoms with Crippen molar-refractivity contribution in [2.75, 3.05) is 4.43 Å². The summed E-state index contributed by atoms with van der Waals surface area (Å²) in [5, 5.41) is 26.4. The quantitative estimate of drug-likeness (QED) is 0.250. The Hall–Kier alpha value is 0.600. The summed E-state index contributed by atoms with van der Waals surface area (Å²) in [6, 6.07) is 0. The third-order valence-electron chi connectivity index (χ3n) is 1.87. The number of alkyl halides is 2. The first-order valence-corrected chi connectivity index (χ1v) is 7.37. The minimum Gasteiger partial charge on any atom is -0.505 e. The fourth-order valence-electron chi connectivity index (χ4n) is 1.05. The number of halogens is 2. The molecule has 1 unspecified atom stereocenters. The molecule has 0 aliphatic carbocycles. The van der Waals surface area contributed by atoms with Crippen molar-refractivity contribution in [2.24, 2.45) is 0 Å². The minimum absolute atomic E-state index is 0.183. The SMILES string of the molecule is OC(O)=C(O)C(I)CCCCCCI. The molecule has 0 fully saturated rings. The maximum atomic E-state index is 9.17. The largest absolute Gasteiger partial charge is 0.505 e. The van der Waals surface area contributed by atoms with Gasteiger partial charge in [0.1, 0.15) is 0 Å². The van der Waals surface area contributed by atoms with Crippen LogP contribution in [0.3, 0.4) is 0 Å². The van der Waals surface area contributed by atoms with E-state index in [2.05, 4.69) is 22.6 Å². The van der Waals surface area contributed by atoms with Crippen LogP contribution >= 0.6 is 45.2 Å². The van der Waals surface area contributed by atoms with Gasteiger partial charge in [0.15, 0.2) is 5.76 Å². The Bertz CT molecular complexity index is 179. The average molecular weight is 426 g/mol. The smallest absolute Gasteiger partial charge is 0.314 e. The highest BCUT2D eigenvalue weighted by Gasteiger charge is 2.13. The molecule has 0 spiro atoms. The zero-order valence-electron chi connectivity index (χ0n) is 7.92. The third kappa shape index (κ3) is 6.97. The third-order valence-corrected chi connectivity index (χ3v) is 3.84. The van der Waals surface area contributed by atoms with Crippen molar-refractivity contribution in [1.29, 1.82) is 0 Å². The Morgan fingerprint density at radius 3 is 2.07 bits per heavy atom. The molecule has 0 saturated heterocycles. The van der Waals surface area contributed by atoms with Crippen LogP contribution in [0.2, 0.25) is 0 Å². The normalized spacial score (nSPS) is 12.4. The molecule has 0 aliphatic heterocycles. The topological polar surface area (TPSA) is 60.7 Å². The van der Waals surface area contributed by atoms with Crippen molar-refractivity contribution in [3.63, 3.8) is 0 Å². The molecule has 3 N–H and O–H groups in total. The van der Waals surface area contributed by atoms with Gasteiger partial charge >= 0.3 is 5.95 Å². The van der Waals surface area contributed by atoms with Crippen LogP contribution in [0.15, 0.2) is 11.7 Å². The van der Waals surface area contributed by atoms with Gasteiger partial charge in [-0.15, -0.1) is 0 Å². The Morgan fingerprint density at radius 1 is 1.00 bits per heavy atom. The fourth-order valence-corrected chi connectivity index (χ4v) is 2.31. The van der Waals surface area contributed by atoms with Gasteiger partial charge in [0.2, 0.25) is 0 Å². The zero-order chi connectivity index (χ0) is 11.0. The Morgan fingerprint density at radius 2 is 1.57 bits per heavy atom. The standard InChI is InChI=1S/C9H16I2O3/c10-6-4-2-1-3-5-7(11)8(12)9(13)14/h7,12-14H,1-6H2. The maximum Gasteiger partial charge on any atom is 0.314 e.